The van der Waals surface area contributed by atoms with E-state index in [4.69, 9.17) is 0 Å². The highest BCUT2D eigenvalue weighted by Crippen LogP contribution is 2.40. The molecule has 7 heteroatoms. The van der Waals surface area contributed by atoms with E-state index >= 15 is 0 Å². The van der Waals surface area contributed by atoms with Gasteiger partial charge < -0.3 is 14.9 Å². The molecule has 206 valence electrons. The van der Waals surface area contributed by atoms with Crippen molar-refractivity contribution in [3.63, 3.8) is 0 Å². The van der Waals surface area contributed by atoms with E-state index in [-0.39, 0.29) is 16.7 Å². The topological polar surface area (TPSA) is 78.7 Å². The van der Waals surface area contributed by atoms with Crippen LogP contribution in [-0.4, -0.2) is 62.6 Å². The summed E-state index contributed by atoms with van der Waals surface area (Å²) < 4.78 is 1.72. The van der Waals surface area contributed by atoms with Gasteiger partial charge in [-0.3, -0.25) is 9.59 Å². The van der Waals surface area contributed by atoms with Gasteiger partial charge in [0.05, 0.1) is 34.8 Å². The Bertz CT molecular complexity index is 1350. The Hall–Kier alpha value is -3.71. The zero-order valence-electron chi connectivity index (χ0n) is 23.9. The molecule has 1 unspecified atom stereocenters. The lowest BCUT2D eigenvalue weighted by atomic mass is 9.85. The van der Waals surface area contributed by atoms with Gasteiger partial charge in [0, 0.05) is 6.54 Å². The predicted molar refractivity (Wildman–Crippen MR) is 155 cm³/mol. The van der Waals surface area contributed by atoms with Crippen molar-refractivity contribution in [2.45, 2.75) is 59.4 Å². The molecule has 1 aliphatic rings. The van der Waals surface area contributed by atoms with Crippen LogP contribution in [0.4, 0.5) is 0 Å². The number of carbonyl (C=O) groups excluding carboxylic acids is 2. The third kappa shape index (κ3) is 5.69. The van der Waals surface area contributed by atoms with E-state index in [1.807, 2.05) is 61.5 Å². The summed E-state index contributed by atoms with van der Waals surface area (Å²) in [4.78, 5) is 30.8. The highest BCUT2D eigenvalue weighted by atomic mass is 16.3. The number of aliphatic hydroxyl groups is 1. The van der Waals surface area contributed by atoms with Gasteiger partial charge in [-0.05, 0) is 61.7 Å². The molecule has 2 heterocycles. The first-order valence-corrected chi connectivity index (χ1v) is 13.8. The number of para-hydroxylation sites is 1. The first kappa shape index (κ1) is 28.3. The predicted octanol–water partition coefficient (Wildman–Crippen LogP) is 5.63. The first-order valence-electron chi connectivity index (χ1n) is 13.8. The average molecular weight is 529 g/mol. The van der Waals surface area contributed by atoms with Crippen molar-refractivity contribution in [3.05, 3.63) is 88.8 Å². The molecule has 1 amide bonds. The van der Waals surface area contributed by atoms with Gasteiger partial charge in [-0.2, -0.15) is 5.10 Å². The van der Waals surface area contributed by atoms with E-state index in [0.29, 0.717) is 17.8 Å². The van der Waals surface area contributed by atoms with Crippen LogP contribution in [0.15, 0.2) is 66.4 Å². The number of Topliss-reactive ketones (excluding diaryl/α,β-unsaturated/α-hetero) is 1. The normalized spacial score (nSPS) is 17.4. The standard InChI is InChI=1S/C32H40N4O3/c1-7-34(8-2)19-12-20-35-28(23-15-17-24(18-16-23)32(4,5)6)27(30(38)31(35)39)29(37)26-21-33-36(22(26)3)25-13-10-9-11-14-25/h9-11,13-18,21,28,37H,7-8,12,19-20H2,1-6H3/b29-27+. The van der Waals surface area contributed by atoms with Crippen LogP contribution < -0.4 is 0 Å². The monoisotopic (exact) mass is 528 g/mol. The Balaban J connectivity index is 1.78. The Kier molecular flexibility index (Phi) is 8.40. The number of amides is 1. The average Bonchev–Trinajstić information content (AvgIpc) is 3.43. The summed E-state index contributed by atoms with van der Waals surface area (Å²) in [5, 5.41) is 16.1. The molecule has 1 atom stereocenters. The van der Waals surface area contributed by atoms with Gasteiger partial charge >= 0.3 is 0 Å². The number of nitrogens with zero attached hydrogens (tertiary/aromatic N) is 4. The zero-order chi connectivity index (χ0) is 28.3. The van der Waals surface area contributed by atoms with Crippen LogP contribution >= 0.6 is 0 Å². The summed E-state index contributed by atoms with van der Waals surface area (Å²) in [5.41, 5.74) is 4.02. The van der Waals surface area contributed by atoms with Gasteiger partial charge in [0.1, 0.15) is 5.76 Å². The highest BCUT2D eigenvalue weighted by molar-refractivity contribution is 6.46. The summed E-state index contributed by atoms with van der Waals surface area (Å²) in [6.45, 7) is 15.6. The van der Waals surface area contributed by atoms with Crippen LogP contribution in [0.5, 0.6) is 0 Å². The number of aliphatic hydroxyl groups excluding tert-OH is 1. The summed E-state index contributed by atoms with van der Waals surface area (Å²) in [7, 11) is 0. The van der Waals surface area contributed by atoms with Crippen molar-refractivity contribution in [3.8, 4) is 5.69 Å². The molecule has 2 aromatic carbocycles. The van der Waals surface area contributed by atoms with Gasteiger partial charge in [0.2, 0.25) is 0 Å². The van der Waals surface area contributed by atoms with Gasteiger partial charge in [0.25, 0.3) is 11.7 Å². The lowest BCUT2D eigenvalue weighted by Crippen LogP contribution is -2.33. The lowest BCUT2D eigenvalue weighted by Gasteiger charge is -2.27. The Morgan fingerprint density at radius 3 is 2.23 bits per heavy atom. The molecule has 0 spiro atoms. The number of benzene rings is 2. The molecule has 0 bridgehead atoms. The second-order valence-electron chi connectivity index (χ2n) is 11.1. The molecular weight excluding hydrogens is 488 g/mol. The molecule has 0 radical (unpaired) electrons. The van der Waals surface area contributed by atoms with Crippen molar-refractivity contribution in [1.29, 1.82) is 0 Å². The summed E-state index contributed by atoms with van der Waals surface area (Å²) in [5.74, 6) is -1.43. The maximum atomic E-state index is 13.5. The van der Waals surface area contributed by atoms with E-state index < -0.39 is 17.7 Å². The number of hydrogen-bond acceptors (Lipinski definition) is 5. The van der Waals surface area contributed by atoms with Crippen LogP contribution in [0.2, 0.25) is 0 Å². The number of carbonyl (C=O) groups is 2. The molecular formula is C32H40N4O3. The number of rotatable bonds is 9. The fraction of sp³-hybridized carbons (Fsp3) is 0.406. The number of likely N-dealkylation sites (tertiary alicyclic amines) is 1. The first-order chi connectivity index (χ1) is 18.6. The van der Waals surface area contributed by atoms with E-state index in [1.165, 1.54) is 0 Å². The van der Waals surface area contributed by atoms with Gasteiger partial charge in [-0.15, -0.1) is 0 Å². The van der Waals surface area contributed by atoms with E-state index in [9.17, 15) is 14.7 Å². The van der Waals surface area contributed by atoms with Crippen molar-refractivity contribution in [2.75, 3.05) is 26.2 Å². The third-order valence-corrected chi connectivity index (χ3v) is 7.67. The van der Waals surface area contributed by atoms with Crippen molar-refractivity contribution in [1.82, 2.24) is 19.6 Å². The number of ketones is 1. The minimum atomic E-state index is -0.671. The fourth-order valence-corrected chi connectivity index (χ4v) is 5.24. The van der Waals surface area contributed by atoms with Crippen molar-refractivity contribution < 1.29 is 14.7 Å². The van der Waals surface area contributed by atoms with E-state index in [2.05, 4.69) is 44.6 Å². The van der Waals surface area contributed by atoms with Crippen LogP contribution in [0.1, 0.15) is 69.5 Å². The Labute approximate surface area is 231 Å². The van der Waals surface area contributed by atoms with Crippen LogP contribution in [0.25, 0.3) is 11.4 Å². The smallest absolute Gasteiger partial charge is 0.295 e. The molecule has 1 N–H and O–H groups in total. The quantitative estimate of drug-likeness (QED) is 0.221. The largest absolute Gasteiger partial charge is 0.507 e. The Morgan fingerprint density at radius 1 is 1.00 bits per heavy atom. The SMILES string of the molecule is CCN(CC)CCCN1C(=O)C(=O)/C(=C(/O)c2cnn(-c3ccccc3)c2C)C1c1ccc(C(C)(C)C)cc1. The summed E-state index contributed by atoms with van der Waals surface area (Å²) >= 11 is 0. The second kappa shape index (κ2) is 11.6. The number of aromatic nitrogens is 2. The van der Waals surface area contributed by atoms with E-state index in [0.717, 1.165) is 42.9 Å². The van der Waals surface area contributed by atoms with Gasteiger partial charge in [-0.1, -0.05) is 77.1 Å². The zero-order valence-corrected chi connectivity index (χ0v) is 23.9. The molecule has 4 rings (SSSR count). The molecule has 39 heavy (non-hydrogen) atoms. The third-order valence-electron chi connectivity index (χ3n) is 7.67. The Morgan fingerprint density at radius 2 is 1.64 bits per heavy atom. The van der Waals surface area contributed by atoms with Crippen molar-refractivity contribution >= 4 is 17.4 Å². The molecule has 0 aliphatic carbocycles. The fourth-order valence-electron chi connectivity index (χ4n) is 5.24. The minimum absolute atomic E-state index is 0.0345. The molecule has 7 nitrogen and oxygen atoms in total. The second-order valence-corrected chi connectivity index (χ2v) is 11.1. The molecule has 3 aromatic rings. The van der Waals surface area contributed by atoms with Crippen LogP contribution in [0, 0.1) is 6.92 Å². The van der Waals surface area contributed by atoms with Gasteiger partial charge in [0.15, 0.2) is 0 Å². The minimum Gasteiger partial charge on any atom is -0.507 e. The number of hydrogen-bond donors (Lipinski definition) is 1. The maximum Gasteiger partial charge on any atom is 0.295 e. The lowest BCUT2D eigenvalue weighted by molar-refractivity contribution is -0.140. The highest BCUT2D eigenvalue weighted by Gasteiger charge is 2.46. The van der Waals surface area contributed by atoms with E-state index in [1.54, 1.807) is 15.8 Å². The van der Waals surface area contributed by atoms with Gasteiger partial charge in [-0.25, -0.2) is 4.68 Å². The molecule has 0 saturated carbocycles. The molecule has 1 saturated heterocycles. The molecule has 1 aliphatic heterocycles. The molecule has 1 fully saturated rings. The van der Waals surface area contributed by atoms with Crippen LogP contribution in [0.3, 0.4) is 0 Å². The summed E-state index contributed by atoms with van der Waals surface area (Å²) in [6.07, 6.45) is 2.29. The van der Waals surface area contributed by atoms with Crippen molar-refractivity contribution in [2.24, 2.45) is 0 Å². The maximum absolute atomic E-state index is 13.5. The summed E-state index contributed by atoms with van der Waals surface area (Å²) in [6, 6.07) is 17.0. The molecule has 1 aromatic heterocycles. The van der Waals surface area contributed by atoms with Crippen LogP contribution in [-0.2, 0) is 15.0 Å².